The topological polar surface area (TPSA) is 98.7 Å². The van der Waals surface area contributed by atoms with Crippen LogP contribution in [0.5, 0.6) is 0 Å². The quantitative estimate of drug-likeness (QED) is 0.142. The average Bonchev–Trinajstić information content (AvgIpc) is 3.99. The van der Waals surface area contributed by atoms with Gasteiger partial charge in [0.15, 0.2) is 11.6 Å². The summed E-state index contributed by atoms with van der Waals surface area (Å²) in [6.07, 6.45) is 3.63. The Labute approximate surface area is 373 Å². The van der Waals surface area contributed by atoms with E-state index in [0.717, 1.165) is 83.4 Å². The lowest BCUT2D eigenvalue weighted by Crippen LogP contribution is -2.09. The van der Waals surface area contributed by atoms with Gasteiger partial charge >= 0.3 is 0 Å². The molecule has 12 rings (SSSR count). The Kier molecular flexibility index (Phi) is 9.27. The highest BCUT2D eigenvalue weighted by Crippen LogP contribution is 2.42. The normalized spacial score (nSPS) is 11.4. The summed E-state index contributed by atoms with van der Waals surface area (Å²) in [7, 11) is 0. The van der Waals surface area contributed by atoms with Crippen LogP contribution in [-0.2, 0) is 0 Å². The third-order valence-electron chi connectivity index (χ3n) is 11.6. The van der Waals surface area contributed by atoms with Crippen LogP contribution < -0.4 is 4.90 Å². The van der Waals surface area contributed by atoms with Crippen molar-refractivity contribution in [2.45, 2.75) is 0 Å². The number of pyridine rings is 3. The first-order chi connectivity index (χ1) is 32.2. The Balaban J connectivity index is 1.02. The molecule has 0 unspecified atom stereocenters. The van der Waals surface area contributed by atoms with Crippen LogP contribution in [0.2, 0.25) is 0 Å². The number of furan rings is 1. The van der Waals surface area contributed by atoms with Crippen molar-refractivity contribution in [2.24, 2.45) is 0 Å². The third kappa shape index (κ3) is 7.03. The Bertz CT molecular complexity index is 3530. The molecule has 0 fully saturated rings. The summed E-state index contributed by atoms with van der Waals surface area (Å²) in [6, 6.07) is 69.4. The van der Waals surface area contributed by atoms with Gasteiger partial charge in [0.05, 0.1) is 33.5 Å². The molecule has 306 valence electrons. The lowest BCUT2D eigenvalue weighted by Gasteiger charge is -2.23. The molecule has 9 heteroatoms. The van der Waals surface area contributed by atoms with Gasteiger partial charge in [-0.25, -0.2) is 9.97 Å². The van der Waals surface area contributed by atoms with Crippen LogP contribution in [0.4, 0.5) is 17.3 Å². The molecule has 12 aromatic rings. The Morgan fingerprint density at radius 3 is 1.65 bits per heavy atom. The van der Waals surface area contributed by atoms with Crippen molar-refractivity contribution in [1.82, 2.24) is 34.5 Å². The van der Waals surface area contributed by atoms with Crippen LogP contribution in [0, 0.1) is 0 Å². The van der Waals surface area contributed by atoms with E-state index in [0.29, 0.717) is 29.2 Å². The maximum atomic E-state index is 6.92. The van der Waals surface area contributed by atoms with E-state index in [4.69, 9.17) is 24.4 Å². The highest BCUT2D eigenvalue weighted by molar-refractivity contribution is 6.11. The standard InChI is InChI=1S/C56H36N8O/c1-3-15-37(16-4-1)54-60-55(38-17-5-2-6-18-38)62-56(61-54)64-49-28-27-42(35-45(49)53-50(64)36-41-19-7-8-26-48(41)59-53)51-29-30-52(65-51)63(43-22-13-20-39(33-43)46-24-9-11-31-57-46)44-23-14-21-40(34-44)47-25-10-12-32-58-47/h1-36H. The number of benzene rings is 6. The van der Waals surface area contributed by atoms with Gasteiger partial charge in [-0.1, -0.05) is 115 Å². The summed E-state index contributed by atoms with van der Waals surface area (Å²) in [4.78, 5) is 32.0. The minimum atomic E-state index is 0.499. The minimum Gasteiger partial charge on any atom is -0.440 e. The number of aromatic nitrogens is 7. The number of fused-ring (bicyclic) bond motifs is 4. The first kappa shape index (κ1) is 37.7. The summed E-state index contributed by atoms with van der Waals surface area (Å²) in [5.74, 6) is 3.01. The zero-order valence-electron chi connectivity index (χ0n) is 34.8. The second-order valence-electron chi connectivity index (χ2n) is 15.6. The van der Waals surface area contributed by atoms with Gasteiger partial charge in [-0.3, -0.25) is 19.4 Å². The summed E-state index contributed by atoms with van der Waals surface area (Å²) >= 11 is 0. The van der Waals surface area contributed by atoms with E-state index in [1.165, 1.54) is 0 Å². The van der Waals surface area contributed by atoms with Crippen molar-refractivity contribution >= 4 is 50.1 Å². The molecule has 65 heavy (non-hydrogen) atoms. The third-order valence-corrected chi connectivity index (χ3v) is 11.6. The van der Waals surface area contributed by atoms with E-state index in [1.807, 2.05) is 140 Å². The van der Waals surface area contributed by atoms with Crippen LogP contribution >= 0.6 is 0 Å². The first-order valence-electron chi connectivity index (χ1n) is 21.3. The predicted octanol–water partition coefficient (Wildman–Crippen LogP) is 13.7. The first-order valence-corrected chi connectivity index (χ1v) is 21.3. The molecule has 9 nitrogen and oxygen atoms in total. The van der Waals surface area contributed by atoms with Crippen molar-refractivity contribution in [2.75, 3.05) is 4.90 Å². The van der Waals surface area contributed by atoms with Gasteiger partial charge in [0.25, 0.3) is 0 Å². The number of hydrogen-bond donors (Lipinski definition) is 0. The fourth-order valence-corrected chi connectivity index (χ4v) is 8.47. The van der Waals surface area contributed by atoms with Crippen molar-refractivity contribution in [3.05, 3.63) is 219 Å². The molecule has 0 N–H and O–H groups in total. The number of anilines is 3. The molecule has 0 aliphatic rings. The smallest absolute Gasteiger partial charge is 0.238 e. The second-order valence-corrected chi connectivity index (χ2v) is 15.6. The van der Waals surface area contributed by atoms with Gasteiger partial charge in [0.2, 0.25) is 11.8 Å². The molecular formula is C56H36N8O. The van der Waals surface area contributed by atoms with E-state index in [1.54, 1.807) is 0 Å². The predicted molar refractivity (Wildman–Crippen MR) is 259 cm³/mol. The van der Waals surface area contributed by atoms with Gasteiger partial charge in [-0.15, -0.1) is 0 Å². The molecule has 6 aromatic carbocycles. The average molecular weight is 837 g/mol. The van der Waals surface area contributed by atoms with Crippen LogP contribution in [0.15, 0.2) is 223 Å². The molecule has 0 aliphatic carbocycles. The largest absolute Gasteiger partial charge is 0.440 e. The van der Waals surface area contributed by atoms with E-state index in [9.17, 15) is 0 Å². The lowest BCUT2D eigenvalue weighted by atomic mass is 10.1. The summed E-state index contributed by atoms with van der Waals surface area (Å²) in [5, 5.41) is 1.95. The number of nitrogens with zero attached hydrogens (tertiary/aromatic N) is 8. The Morgan fingerprint density at radius 2 is 1.02 bits per heavy atom. The second kappa shape index (κ2) is 16.0. The highest BCUT2D eigenvalue weighted by Gasteiger charge is 2.22. The van der Waals surface area contributed by atoms with Crippen LogP contribution in [-0.4, -0.2) is 34.5 Å². The van der Waals surface area contributed by atoms with Crippen molar-refractivity contribution < 1.29 is 4.42 Å². The summed E-state index contributed by atoms with van der Waals surface area (Å²) < 4.78 is 9.02. The van der Waals surface area contributed by atoms with Crippen molar-refractivity contribution in [1.29, 1.82) is 0 Å². The molecule has 0 bridgehead atoms. The minimum absolute atomic E-state index is 0.499. The number of para-hydroxylation sites is 1. The molecular weight excluding hydrogens is 801 g/mol. The maximum Gasteiger partial charge on any atom is 0.238 e. The molecule has 0 radical (unpaired) electrons. The van der Waals surface area contributed by atoms with E-state index in [-0.39, 0.29) is 0 Å². The van der Waals surface area contributed by atoms with Crippen LogP contribution in [0.3, 0.4) is 0 Å². The van der Waals surface area contributed by atoms with E-state index in [2.05, 4.69) is 98.3 Å². The van der Waals surface area contributed by atoms with E-state index < -0.39 is 0 Å². The van der Waals surface area contributed by atoms with E-state index >= 15 is 0 Å². The monoisotopic (exact) mass is 836 g/mol. The molecule has 0 saturated carbocycles. The zero-order chi connectivity index (χ0) is 43.1. The number of hydrogen-bond acceptors (Lipinski definition) is 8. The lowest BCUT2D eigenvalue weighted by molar-refractivity contribution is 0.588. The molecule has 0 saturated heterocycles. The summed E-state index contributed by atoms with van der Waals surface area (Å²) in [5.41, 5.74) is 11.8. The SMILES string of the molecule is c1ccc(-c2nc(-c3ccccc3)nc(-n3c4ccc(-c5ccc(N(c6cccc(-c7ccccn7)c6)c6cccc(-c7ccccn7)c6)o5)cc4c4nc5ccccc5cc43)n2)cc1. The van der Waals surface area contributed by atoms with Gasteiger partial charge in [-0.05, 0) is 84.9 Å². The number of rotatable bonds is 9. The maximum absolute atomic E-state index is 6.92. The van der Waals surface area contributed by atoms with Gasteiger partial charge in [-0.2, -0.15) is 9.97 Å². The fraction of sp³-hybridized carbons (Fsp3) is 0. The van der Waals surface area contributed by atoms with Gasteiger partial charge in [0.1, 0.15) is 5.76 Å². The van der Waals surface area contributed by atoms with Crippen molar-refractivity contribution in [3.8, 4) is 62.6 Å². The molecule has 0 atom stereocenters. The molecule has 0 spiro atoms. The Morgan fingerprint density at radius 1 is 0.415 bits per heavy atom. The molecule has 6 aromatic heterocycles. The fourth-order valence-electron chi connectivity index (χ4n) is 8.47. The molecule has 6 heterocycles. The van der Waals surface area contributed by atoms with Gasteiger partial charge in [0, 0.05) is 68.4 Å². The van der Waals surface area contributed by atoms with Gasteiger partial charge < -0.3 is 4.42 Å². The summed E-state index contributed by atoms with van der Waals surface area (Å²) in [6.45, 7) is 0. The zero-order valence-corrected chi connectivity index (χ0v) is 34.8. The Hall–Kier alpha value is -9.08. The highest BCUT2D eigenvalue weighted by atomic mass is 16.4. The molecule has 0 amide bonds. The van der Waals surface area contributed by atoms with Crippen molar-refractivity contribution in [3.63, 3.8) is 0 Å². The van der Waals surface area contributed by atoms with Crippen LogP contribution in [0.1, 0.15) is 0 Å². The van der Waals surface area contributed by atoms with Crippen LogP contribution in [0.25, 0.3) is 95.4 Å². The molecule has 0 aliphatic heterocycles.